The molecule has 4 amide bonds. The van der Waals surface area contributed by atoms with Crippen molar-refractivity contribution in [2.75, 3.05) is 17.4 Å². The Bertz CT molecular complexity index is 2630. The third-order valence-corrected chi connectivity index (χ3v) is 13.4. The fourth-order valence-corrected chi connectivity index (χ4v) is 10.4. The number of anilines is 2. The number of phenolic OH excluding ortho intramolecular Hbond substituents is 1. The first-order chi connectivity index (χ1) is 29.4. The van der Waals surface area contributed by atoms with Crippen LogP contribution in [0.1, 0.15) is 46.6 Å². The zero-order valence-electron chi connectivity index (χ0n) is 31.6. The molecule has 0 radical (unpaired) electrons. The zero-order chi connectivity index (χ0) is 45.9. The lowest BCUT2D eigenvalue weighted by atomic mass is 9.49. The molecule has 3 aromatic carbocycles. The second-order valence-corrected chi connectivity index (χ2v) is 17.3. The first-order valence-corrected chi connectivity index (χ1v) is 20.3. The van der Waals surface area contributed by atoms with Crippen LogP contribution < -0.4 is 15.1 Å². The molecule has 4 aromatic rings. The summed E-state index contributed by atoms with van der Waals surface area (Å²) in [5.41, 5.74) is -4.64. The minimum Gasteiger partial charge on any atom is -0.504 e. The van der Waals surface area contributed by atoms with Gasteiger partial charge in [-0.3, -0.25) is 24.6 Å². The number of benzene rings is 3. The number of hydrogen-bond acceptors (Lipinski definition) is 8. The number of fused-ring (bicyclic) bond motifs is 4. The number of halogens is 12. The number of imide groups is 2. The van der Waals surface area contributed by atoms with E-state index < -0.39 is 117 Å². The van der Waals surface area contributed by atoms with Gasteiger partial charge in [0.2, 0.25) is 11.8 Å². The van der Waals surface area contributed by atoms with Crippen LogP contribution in [-0.2, 0) is 43.1 Å². The Labute approximate surface area is 373 Å². The topological polar surface area (TPSA) is 129 Å². The van der Waals surface area contributed by atoms with Gasteiger partial charge in [0.05, 0.1) is 61.2 Å². The number of carbonyl (C=O) groups is 4. The Balaban J connectivity index is 1.32. The Morgan fingerprint density at radius 1 is 0.825 bits per heavy atom. The summed E-state index contributed by atoms with van der Waals surface area (Å²) in [4.78, 5) is 63.1. The average Bonchev–Trinajstić information content (AvgIpc) is 3.59. The van der Waals surface area contributed by atoms with Gasteiger partial charge >= 0.3 is 18.5 Å². The van der Waals surface area contributed by atoms with E-state index in [-0.39, 0.29) is 66.3 Å². The van der Waals surface area contributed by atoms with Crippen LogP contribution in [0.25, 0.3) is 0 Å². The van der Waals surface area contributed by atoms with E-state index in [0.29, 0.717) is 17.3 Å². The van der Waals surface area contributed by atoms with E-state index in [2.05, 4.69) is 10.4 Å². The smallest absolute Gasteiger partial charge is 0.417 e. The molecule has 330 valence electrons. The number of amides is 4. The molecule has 3 heterocycles. The fourth-order valence-electron chi connectivity index (χ4n) is 9.40. The highest BCUT2D eigenvalue weighted by Crippen LogP contribution is 2.65. The Kier molecular flexibility index (Phi) is 10.8. The normalized spacial score (nSPS) is 24.9. The number of phenols is 1. The van der Waals surface area contributed by atoms with Gasteiger partial charge in [-0.2, -0.15) is 44.5 Å². The van der Waals surface area contributed by atoms with Crippen LogP contribution in [-0.4, -0.2) is 45.8 Å². The lowest BCUT2D eigenvalue weighted by Crippen LogP contribution is -2.53. The van der Waals surface area contributed by atoms with Crippen LogP contribution in [0.4, 0.5) is 51.0 Å². The third kappa shape index (κ3) is 7.15. The summed E-state index contributed by atoms with van der Waals surface area (Å²) in [6.45, 7) is 0. The Hall–Kier alpha value is -5.09. The maximum absolute atomic E-state index is 15.4. The molecular formula is C41H26Cl2F9IN4O6. The van der Waals surface area contributed by atoms with Crippen molar-refractivity contribution in [1.82, 2.24) is 9.99 Å². The molecular weight excluding hydrogens is 1010 g/mol. The largest absolute Gasteiger partial charge is 0.504 e. The summed E-state index contributed by atoms with van der Waals surface area (Å²) in [6.07, 6.45) is -14.2. The molecule has 2 aliphatic heterocycles. The number of alkyl halides is 9. The van der Waals surface area contributed by atoms with Crippen LogP contribution in [0.15, 0.2) is 78.5 Å². The number of pyridine rings is 1. The maximum Gasteiger partial charge on any atom is 0.417 e. The standard InChI is InChI=1S/C41H26Cl2F9IN4O6/c1-63-29-9-16(8-28(53)32(29)58)31-23-6-7-24-30(36(61)56(34(24)59)22-11-18(39(44,45)46)10-19(12-22)40(47,48)49)25(23)14-26-35(60)57(37(62)38(26,31)17-2-4-21(42)5-3-17)55-33-27(43)13-20(15-54-33)41(50,51)52/h2-6,8-13,15,24-26,30-31,58H,7,14H2,1H3,(H,54,55). The number of rotatable bonds is 6. The number of aromatic nitrogens is 1. The minimum absolute atomic E-state index is 0.0908. The zero-order valence-corrected chi connectivity index (χ0v) is 35.3. The van der Waals surface area contributed by atoms with E-state index in [1.54, 1.807) is 28.7 Å². The predicted molar refractivity (Wildman–Crippen MR) is 213 cm³/mol. The monoisotopic (exact) mass is 1040 g/mol. The van der Waals surface area contributed by atoms with E-state index in [1.165, 1.54) is 43.5 Å². The molecule has 4 aliphatic rings. The summed E-state index contributed by atoms with van der Waals surface area (Å²) in [6, 6.07) is 9.55. The van der Waals surface area contributed by atoms with Gasteiger partial charge in [-0.1, -0.05) is 47.0 Å². The molecule has 0 bridgehead atoms. The van der Waals surface area contributed by atoms with E-state index in [1.807, 2.05) is 0 Å². The van der Waals surface area contributed by atoms with Crippen molar-refractivity contribution in [3.05, 3.63) is 120 Å². The highest BCUT2D eigenvalue weighted by molar-refractivity contribution is 14.1. The van der Waals surface area contributed by atoms with Gasteiger partial charge in [-0.25, -0.2) is 9.88 Å². The number of hydrogen-bond donors (Lipinski definition) is 2. The molecule has 8 rings (SSSR count). The average molecular weight is 1040 g/mol. The quantitative estimate of drug-likeness (QED) is 0.0846. The van der Waals surface area contributed by atoms with Crippen LogP contribution in [0.2, 0.25) is 10.0 Å². The van der Waals surface area contributed by atoms with Gasteiger partial charge in [-0.15, -0.1) is 0 Å². The van der Waals surface area contributed by atoms with E-state index in [9.17, 15) is 59.0 Å². The molecule has 6 unspecified atom stereocenters. The molecule has 0 spiro atoms. The Morgan fingerprint density at radius 2 is 1.44 bits per heavy atom. The lowest BCUT2D eigenvalue weighted by Gasteiger charge is -2.50. The summed E-state index contributed by atoms with van der Waals surface area (Å²) in [5.74, 6) is -12.0. The molecule has 63 heavy (non-hydrogen) atoms. The molecule has 1 aromatic heterocycles. The number of methoxy groups -OCH3 is 1. The first kappa shape index (κ1) is 44.5. The van der Waals surface area contributed by atoms with E-state index in [4.69, 9.17) is 27.9 Å². The molecule has 2 aliphatic carbocycles. The molecule has 2 N–H and O–H groups in total. The summed E-state index contributed by atoms with van der Waals surface area (Å²) in [5, 5.41) is 11.0. The second kappa shape index (κ2) is 15.3. The number of nitrogens with zero attached hydrogens (tertiary/aromatic N) is 3. The van der Waals surface area contributed by atoms with Gasteiger partial charge in [0, 0.05) is 17.1 Å². The van der Waals surface area contributed by atoms with Crippen molar-refractivity contribution in [2.45, 2.75) is 42.7 Å². The molecule has 6 atom stereocenters. The molecule has 1 saturated carbocycles. The summed E-state index contributed by atoms with van der Waals surface area (Å²) in [7, 11) is 1.24. The van der Waals surface area contributed by atoms with Crippen LogP contribution in [0.3, 0.4) is 0 Å². The van der Waals surface area contributed by atoms with Crippen molar-refractivity contribution in [1.29, 1.82) is 0 Å². The summed E-state index contributed by atoms with van der Waals surface area (Å²) < 4.78 is 130. The van der Waals surface area contributed by atoms with Crippen molar-refractivity contribution < 1.29 is 68.5 Å². The number of nitrogens with one attached hydrogen (secondary N) is 1. The lowest BCUT2D eigenvalue weighted by molar-refractivity contribution is -0.143. The van der Waals surface area contributed by atoms with Gasteiger partial charge in [-0.05, 0) is 101 Å². The summed E-state index contributed by atoms with van der Waals surface area (Å²) >= 11 is 14.3. The molecule has 2 saturated heterocycles. The van der Waals surface area contributed by atoms with Crippen molar-refractivity contribution in [3.8, 4) is 11.5 Å². The first-order valence-electron chi connectivity index (χ1n) is 18.5. The number of aromatic hydroxyl groups is 1. The van der Waals surface area contributed by atoms with Gasteiger partial charge in [0.15, 0.2) is 17.3 Å². The second-order valence-electron chi connectivity index (χ2n) is 15.2. The van der Waals surface area contributed by atoms with Gasteiger partial charge in [0.25, 0.3) is 11.8 Å². The third-order valence-electron chi connectivity index (χ3n) is 12.0. The molecule has 3 fully saturated rings. The highest BCUT2D eigenvalue weighted by Gasteiger charge is 2.70. The maximum atomic E-state index is 15.4. The molecule has 10 nitrogen and oxygen atoms in total. The van der Waals surface area contributed by atoms with Gasteiger partial charge in [0.1, 0.15) is 0 Å². The Morgan fingerprint density at radius 3 is 2.02 bits per heavy atom. The van der Waals surface area contributed by atoms with Crippen molar-refractivity contribution in [2.24, 2.45) is 23.7 Å². The van der Waals surface area contributed by atoms with E-state index in [0.717, 1.165) is 0 Å². The predicted octanol–water partition coefficient (Wildman–Crippen LogP) is 9.95. The number of carbonyl (C=O) groups excluding carboxylic acids is 4. The van der Waals surface area contributed by atoms with Gasteiger partial charge < -0.3 is 9.84 Å². The fraction of sp³-hybridized carbons (Fsp3) is 0.293. The number of hydrazine groups is 1. The van der Waals surface area contributed by atoms with Crippen LogP contribution in [0.5, 0.6) is 11.5 Å². The number of ether oxygens (including phenoxy) is 1. The van der Waals surface area contributed by atoms with Crippen molar-refractivity contribution in [3.63, 3.8) is 0 Å². The SMILES string of the molecule is COc1cc(C2C3=CCC4C(=O)N(c5cc(C(F)(F)F)cc(C(F)(F)F)c5)C(=O)C4C3CC3C(=O)N(Nc4ncc(C(F)(F)F)cc4Cl)C(=O)C32c2ccc(Cl)cc2)cc(I)c1O. The van der Waals surface area contributed by atoms with Crippen LogP contribution in [0, 0.1) is 27.2 Å². The van der Waals surface area contributed by atoms with Crippen molar-refractivity contribution >= 4 is 80.9 Å². The van der Waals surface area contributed by atoms with Crippen LogP contribution >= 0.6 is 45.8 Å². The minimum atomic E-state index is -5.32. The molecule has 22 heteroatoms. The van der Waals surface area contributed by atoms with E-state index >= 15 is 4.79 Å². The number of allylic oxidation sites excluding steroid dienone is 2. The highest BCUT2D eigenvalue weighted by atomic mass is 127.